The van der Waals surface area contributed by atoms with Gasteiger partial charge in [-0.05, 0) is 39.8 Å². The predicted molar refractivity (Wildman–Crippen MR) is 73.8 cm³/mol. The van der Waals surface area contributed by atoms with Gasteiger partial charge in [-0.2, -0.15) is 0 Å². The van der Waals surface area contributed by atoms with E-state index in [4.69, 9.17) is 16.0 Å². The van der Waals surface area contributed by atoms with Crippen molar-refractivity contribution in [2.75, 3.05) is 13.7 Å². The summed E-state index contributed by atoms with van der Waals surface area (Å²) in [7, 11) is 1.54. The topological polar surface area (TPSA) is 39.9 Å². The number of para-hydroxylation sites is 1. The van der Waals surface area contributed by atoms with E-state index in [1.54, 1.807) is 26.2 Å². The lowest BCUT2D eigenvalue weighted by Crippen LogP contribution is -2.06. The van der Waals surface area contributed by atoms with E-state index in [2.05, 4.69) is 20.8 Å². The SMILES string of the molecule is C#[N+]/C(C(=O)OCC)=C(\Br)c1ccccc1OC. The van der Waals surface area contributed by atoms with Crippen LogP contribution in [0.5, 0.6) is 5.75 Å². The van der Waals surface area contributed by atoms with Crippen molar-refractivity contribution in [3.05, 3.63) is 40.4 Å². The maximum absolute atomic E-state index is 11.7. The second kappa shape index (κ2) is 6.82. The van der Waals surface area contributed by atoms with Gasteiger partial charge in [0.25, 0.3) is 6.57 Å². The second-order valence-corrected chi connectivity index (χ2v) is 4.01. The van der Waals surface area contributed by atoms with E-state index in [9.17, 15) is 4.79 Å². The van der Waals surface area contributed by atoms with Crippen LogP contribution in [-0.4, -0.2) is 19.7 Å². The third-order valence-corrected chi connectivity index (χ3v) is 2.95. The molecule has 0 spiro atoms. The molecule has 0 heterocycles. The summed E-state index contributed by atoms with van der Waals surface area (Å²) < 4.78 is 10.5. The summed E-state index contributed by atoms with van der Waals surface area (Å²) in [4.78, 5) is 15.1. The fourth-order valence-electron chi connectivity index (χ4n) is 1.35. The lowest BCUT2D eigenvalue weighted by molar-refractivity contribution is -0.138. The van der Waals surface area contributed by atoms with Crippen molar-refractivity contribution in [1.29, 1.82) is 0 Å². The smallest absolute Gasteiger partial charge is 0.438 e. The van der Waals surface area contributed by atoms with Crippen LogP contribution in [0.3, 0.4) is 0 Å². The van der Waals surface area contributed by atoms with Gasteiger partial charge in [-0.1, -0.05) is 12.1 Å². The molecule has 0 aliphatic rings. The summed E-state index contributed by atoms with van der Waals surface area (Å²) in [5, 5.41) is 0. The van der Waals surface area contributed by atoms with E-state index in [-0.39, 0.29) is 12.3 Å². The number of carbonyl (C=O) groups excluding carboxylic acids is 1. The number of carbonyl (C=O) groups is 1. The van der Waals surface area contributed by atoms with E-state index < -0.39 is 5.97 Å². The Bertz CT molecular complexity index is 517. The lowest BCUT2D eigenvalue weighted by atomic mass is 10.1. The number of hydrogen-bond acceptors (Lipinski definition) is 3. The average molecular weight is 311 g/mol. The zero-order chi connectivity index (χ0) is 13.5. The fourth-order valence-corrected chi connectivity index (χ4v) is 1.94. The molecular weight excluding hydrogens is 298 g/mol. The standard InChI is InChI=1S/C13H13BrNO3/c1-4-18-13(16)12(15-2)11(14)9-7-5-6-8-10(9)17-3/h2,5-8H,4H2,1,3H3/q+1/b12-11-. The molecule has 1 rings (SSSR count). The van der Waals surface area contributed by atoms with Crippen LogP contribution in [0.2, 0.25) is 0 Å². The van der Waals surface area contributed by atoms with E-state index in [0.717, 1.165) is 0 Å². The van der Waals surface area contributed by atoms with Gasteiger partial charge in [0.2, 0.25) is 0 Å². The van der Waals surface area contributed by atoms with Crippen molar-refractivity contribution in [2.45, 2.75) is 6.92 Å². The normalized spacial score (nSPS) is 11.2. The minimum atomic E-state index is -0.585. The monoisotopic (exact) mass is 310 g/mol. The minimum absolute atomic E-state index is 0.0151. The first kappa shape index (κ1) is 14.3. The van der Waals surface area contributed by atoms with Crippen LogP contribution in [-0.2, 0) is 9.53 Å². The Kier molecular flexibility index (Phi) is 5.40. The summed E-state index contributed by atoms with van der Waals surface area (Å²) >= 11 is 3.30. The molecule has 0 saturated carbocycles. The number of hydrogen-bond donors (Lipinski definition) is 0. The van der Waals surface area contributed by atoms with Gasteiger partial charge >= 0.3 is 11.7 Å². The lowest BCUT2D eigenvalue weighted by Gasteiger charge is -2.05. The molecule has 5 heteroatoms. The van der Waals surface area contributed by atoms with Crippen molar-refractivity contribution in [2.24, 2.45) is 0 Å². The van der Waals surface area contributed by atoms with Gasteiger partial charge in [0, 0.05) is 5.56 Å². The number of halogens is 1. The molecule has 0 N–H and O–H groups in total. The van der Waals surface area contributed by atoms with Gasteiger partial charge in [0.15, 0.2) is 0 Å². The number of ether oxygens (including phenoxy) is 2. The Labute approximate surface area is 114 Å². The van der Waals surface area contributed by atoms with Crippen LogP contribution in [0.1, 0.15) is 12.5 Å². The molecule has 0 radical (unpaired) electrons. The first-order chi connectivity index (χ1) is 8.65. The first-order valence-corrected chi connectivity index (χ1v) is 6.06. The Morgan fingerprint density at radius 2 is 2.11 bits per heavy atom. The van der Waals surface area contributed by atoms with Crippen LogP contribution >= 0.6 is 15.9 Å². The highest BCUT2D eigenvalue weighted by Gasteiger charge is 2.27. The quantitative estimate of drug-likeness (QED) is 0.633. The maximum Gasteiger partial charge on any atom is 0.438 e. The second-order valence-electron chi connectivity index (χ2n) is 3.21. The van der Waals surface area contributed by atoms with Crippen LogP contribution in [0, 0.1) is 6.57 Å². The number of nitrogens with zero attached hydrogens (tertiary/aromatic N) is 1. The van der Waals surface area contributed by atoms with Gasteiger partial charge in [-0.15, -0.1) is 0 Å². The molecule has 0 unspecified atom stereocenters. The molecule has 18 heavy (non-hydrogen) atoms. The molecule has 0 aliphatic carbocycles. The molecule has 0 saturated heterocycles. The third-order valence-electron chi connectivity index (χ3n) is 2.15. The third kappa shape index (κ3) is 3.11. The van der Waals surface area contributed by atoms with E-state index in [0.29, 0.717) is 15.8 Å². The van der Waals surface area contributed by atoms with Crippen molar-refractivity contribution < 1.29 is 14.3 Å². The molecule has 0 atom stereocenters. The molecule has 1 aromatic rings. The van der Waals surface area contributed by atoms with Gasteiger partial charge in [0.1, 0.15) is 10.2 Å². The van der Waals surface area contributed by atoms with Gasteiger partial charge in [0.05, 0.1) is 13.7 Å². The van der Waals surface area contributed by atoms with E-state index >= 15 is 0 Å². The highest BCUT2D eigenvalue weighted by Crippen LogP contribution is 2.33. The number of methoxy groups -OCH3 is 1. The molecule has 4 nitrogen and oxygen atoms in total. The molecule has 0 fully saturated rings. The van der Waals surface area contributed by atoms with Gasteiger partial charge < -0.3 is 9.47 Å². The van der Waals surface area contributed by atoms with E-state index in [1.165, 1.54) is 0 Å². The van der Waals surface area contributed by atoms with Gasteiger partial charge in [-0.3, -0.25) is 0 Å². The predicted octanol–water partition coefficient (Wildman–Crippen LogP) is 3.28. The van der Waals surface area contributed by atoms with Crippen molar-refractivity contribution in [3.8, 4) is 12.3 Å². The van der Waals surface area contributed by atoms with Crippen molar-refractivity contribution in [3.63, 3.8) is 0 Å². The number of benzene rings is 1. The first-order valence-electron chi connectivity index (χ1n) is 5.26. The maximum atomic E-state index is 11.7. The molecule has 0 aromatic heterocycles. The Balaban J connectivity index is 3.28. The summed E-state index contributed by atoms with van der Waals surface area (Å²) in [6.07, 6.45) is 0. The van der Waals surface area contributed by atoms with E-state index in [1.807, 2.05) is 12.1 Å². The fraction of sp³-hybridized carbons (Fsp3) is 0.231. The van der Waals surface area contributed by atoms with Crippen molar-refractivity contribution >= 4 is 26.4 Å². The minimum Gasteiger partial charge on any atom is -0.496 e. The summed E-state index contributed by atoms with van der Waals surface area (Å²) in [6, 6.07) is 7.20. The largest absolute Gasteiger partial charge is 0.496 e. The molecule has 1 aromatic carbocycles. The van der Waals surface area contributed by atoms with Crippen LogP contribution < -0.4 is 4.74 Å². The molecular formula is C13H13BrNO3+. The highest BCUT2D eigenvalue weighted by molar-refractivity contribution is 9.15. The highest BCUT2D eigenvalue weighted by atomic mass is 79.9. The summed E-state index contributed by atoms with van der Waals surface area (Å²) in [5.41, 5.74) is 0.693. The molecule has 94 valence electrons. The zero-order valence-electron chi connectivity index (χ0n) is 10.1. The molecule has 0 bridgehead atoms. The number of esters is 1. The summed E-state index contributed by atoms with van der Waals surface area (Å²) in [5.74, 6) is 0.0209. The molecule has 0 amide bonds. The van der Waals surface area contributed by atoms with Crippen LogP contribution in [0.15, 0.2) is 30.0 Å². The Morgan fingerprint density at radius 3 is 2.67 bits per heavy atom. The Morgan fingerprint density at radius 1 is 1.44 bits per heavy atom. The Hall–Kier alpha value is -1.80. The number of rotatable bonds is 4. The summed E-state index contributed by atoms with van der Waals surface area (Å²) in [6.45, 7) is 7.19. The molecule has 0 aliphatic heterocycles. The van der Waals surface area contributed by atoms with Crippen LogP contribution in [0.25, 0.3) is 9.33 Å². The van der Waals surface area contributed by atoms with Crippen LogP contribution in [0.4, 0.5) is 0 Å². The van der Waals surface area contributed by atoms with Crippen molar-refractivity contribution in [1.82, 2.24) is 0 Å². The van der Waals surface area contributed by atoms with Gasteiger partial charge in [-0.25, -0.2) is 4.79 Å². The average Bonchev–Trinajstić information content (AvgIpc) is 2.39. The zero-order valence-corrected chi connectivity index (χ0v) is 11.7.